The Morgan fingerprint density at radius 2 is 1.95 bits per heavy atom. The van der Waals surface area contributed by atoms with E-state index in [0.29, 0.717) is 5.69 Å². The van der Waals surface area contributed by atoms with Gasteiger partial charge >= 0.3 is 0 Å². The van der Waals surface area contributed by atoms with Crippen LogP contribution in [-0.4, -0.2) is 49.2 Å². The molecule has 110 valence electrons. The topological polar surface area (TPSA) is 26.8 Å². The molecule has 1 heterocycles. The molecule has 1 aromatic carbocycles. The Kier molecular flexibility index (Phi) is 5.35. The molecular weight excluding hydrogens is 257 g/mol. The summed E-state index contributed by atoms with van der Waals surface area (Å²) >= 11 is 0. The zero-order valence-corrected chi connectivity index (χ0v) is 12.0. The summed E-state index contributed by atoms with van der Waals surface area (Å²) in [6.45, 7) is 5.83. The molecule has 0 aliphatic carbocycles. The van der Waals surface area contributed by atoms with Crippen LogP contribution in [-0.2, 0) is 4.79 Å². The molecule has 4 nitrogen and oxygen atoms in total. The summed E-state index contributed by atoms with van der Waals surface area (Å²) in [4.78, 5) is 13.2. The molecule has 0 atom stereocenters. The number of halogens is 1. The molecule has 0 N–H and O–H groups in total. The third-order valence-electron chi connectivity index (χ3n) is 3.67. The van der Waals surface area contributed by atoms with Gasteiger partial charge in [-0.15, -0.1) is 0 Å². The van der Waals surface area contributed by atoms with Crippen molar-refractivity contribution in [3.63, 3.8) is 0 Å². The van der Waals surface area contributed by atoms with Crippen LogP contribution in [0.5, 0.6) is 0 Å². The molecule has 1 saturated heterocycles. The zero-order chi connectivity index (χ0) is 14.4. The van der Waals surface area contributed by atoms with Crippen LogP contribution in [0.15, 0.2) is 24.3 Å². The molecule has 1 aromatic rings. The van der Waals surface area contributed by atoms with Crippen LogP contribution < -0.4 is 4.90 Å². The predicted octanol–water partition coefficient (Wildman–Crippen LogP) is 2.12. The highest BCUT2D eigenvalue weighted by molar-refractivity contribution is 5.49. The van der Waals surface area contributed by atoms with Crippen molar-refractivity contribution < 1.29 is 9.18 Å². The van der Waals surface area contributed by atoms with Crippen molar-refractivity contribution in [3.05, 3.63) is 30.1 Å². The maximum absolute atomic E-state index is 13.7. The van der Waals surface area contributed by atoms with Crippen molar-refractivity contribution >= 4 is 12.1 Å². The Labute approximate surface area is 119 Å². The number of carbonyl (C=O) groups is 1. The van der Waals surface area contributed by atoms with E-state index in [9.17, 15) is 9.18 Å². The number of nitrogens with zero attached hydrogens (tertiary/aromatic N) is 3. The quantitative estimate of drug-likeness (QED) is 0.746. The molecule has 2 rings (SSSR count). The van der Waals surface area contributed by atoms with Gasteiger partial charge in [-0.2, -0.15) is 0 Å². The number of para-hydroxylation sites is 1. The highest BCUT2D eigenvalue weighted by atomic mass is 19.1. The smallest absolute Gasteiger partial charge is 0.224 e. The Morgan fingerprint density at radius 3 is 2.55 bits per heavy atom. The van der Waals surface area contributed by atoms with E-state index in [2.05, 4.69) is 11.9 Å². The van der Waals surface area contributed by atoms with Crippen molar-refractivity contribution in [2.75, 3.05) is 37.6 Å². The van der Waals surface area contributed by atoms with Crippen molar-refractivity contribution in [1.82, 2.24) is 10.0 Å². The fourth-order valence-electron chi connectivity index (χ4n) is 2.48. The molecule has 5 heteroatoms. The van der Waals surface area contributed by atoms with E-state index in [1.165, 1.54) is 6.07 Å². The van der Waals surface area contributed by atoms with Crippen LogP contribution in [0.25, 0.3) is 0 Å². The van der Waals surface area contributed by atoms with Crippen LogP contribution in [0.3, 0.4) is 0 Å². The minimum Gasteiger partial charge on any atom is -0.366 e. The SMILES string of the molecule is CCCCN(C=O)N1CCN(c2ccccc2F)CC1. The van der Waals surface area contributed by atoms with Crippen molar-refractivity contribution in [1.29, 1.82) is 0 Å². The van der Waals surface area contributed by atoms with Gasteiger partial charge in [0.25, 0.3) is 0 Å². The molecule has 1 fully saturated rings. The number of hydrazine groups is 1. The minimum atomic E-state index is -0.181. The lowest BCUT2D eigenvalue weighted by Crippen LogP contribution is -2.53. The fourth-order valence-corrected chi connectivity index (χ4v) is 2.48. The lowest BCUT2D eigenvalue weighted by atomic mass is 10.2. The summed E-state index contributed by atoms with van der Waals surface area (Å²) in [5.74, 6) is -0.181. The zero-order valence-electron chi connectivity index (χ0n) is 12.0. The Morgan fingerprint density at radius 1 is 1.25 bits per heavy atom. The van der Waals surface area contributed by atoms with Crippen molar-refractivity contribution in [3.8, 4) is 0 Å². The maximum Gasteiger partial charge on any atom is 0.224 e. The molecule has 1 amide bonds. The number of anilines is 1. The van der Waals surface area contributed by atoms with Gasteiger partial charge < -0.3 is 4.90 Å². The van der Waals surface area contributed by atoms with Crippen LogP contribution >= 0.6 is 0 Å². The normalized spacial score (nSPS) is 16.2. The maximum atomic E-state index is 13.7. The second-order valence-corrected chi connectivity index (χ2v) is 5.01. The van der Waals surface area contributed by atoms with Crippen LogP contribution in [0.1, 0.15) is 19.8 Å². The first-order valence-corrected chi connectivity index (χ1v) is 7.22. The van der Waals surface area contributed by atoms with E-state index in [1.807, 2.05) is 11.0 Å². The number of hydrogen-bond acceptors (Lipinski definition) is 3. The van der Waals surface area contributed by atoms with Gasteiger partial charge in [0, 0.05) is 32.7 Å². The summed E-state index contributed by atoms with van der Waals surface area (Å²) in [6, 6.07) is 6.85. The average molecular weight is 279 g/mol. The third-order valence-corrected chi connectivity index (χ3v) is 3.67. The number of benzene rings is 1. The number of rotatable bonds is 6. The van der Waals surface area contributed by atoms with Crippen LogP contribution in [0.4, 0.5) is 10.1 Å². The van der Waals surface area contributed by atoms with Gasteiger partial charge in [0.15, 0.2) is 0 Å². The van der Waals surface area contributed by atoms with Gasteiger partial charge in [0.1, 0.15) is 5.82 Å². The number of amides is 1. The molecule has 1 aliphatic rings. The van der Waals surface area contributed by atoms with Crippen LogP contribution in [0.2, 0.25) is 0 Å². The number of unbranched alkanes of at least 4 members (excludes halogenated alkanes) is 1. The average Bonchev–Trinajstić information content (AvgIpc) is 2.49. The predicted molar refractivity (Wildman–Crippen MR) is 77.9 cm³/mol. The first-order chi connectivity index (χ1) is 9.76. The molecule has 0 bridgehead atoms. The lowest BCUT2D eigenvalue weighted by molar-refractivity contribution is -0.135. The van der Waals surface area contributed by atoms with E-state index in [0.717, 1.165) is 52.0 Å². The van der Waals surface area contributed by atoms with E-state index in [4.69, 9.17) is 0 Å². The molecule has 0 unspecified atom stereocenters. The highest BCUT2D eigenvalue weighted by Gasteiger charge is 2.22. The Bertz CT molecular complexity index is 433. The fraction of sp³-hybridized carbons (Fsp3) is 0.533. The molecule has 0 radical (unpaired) electrons. The number of piperazine rings is 1. The van der Waals surface area contributed by atoms with Gasteiger partial charge in [0.2, 0.25) is 6.41 Å². The minimum absolute atomic E-state index is 0.181. The molecule has 0 aromatic heterocycles. The largest absolute Gasteiger partial charge is 0.366 e. The third kappa shape index (κ3) is 3.48. The Balaban J connectivity index is 1.92. The first kappa shape index (κ1) is 14.8. The summed E-state index contributed by atoms with van der Waals surface area (Å²) in [6.07, 6.45) is 2.97. The molecule has 0 spiro atoms. The second-order valence-electron chi connectivity index (χ2n) is 5.01. The van der Waals surface area contributed by atoms with Gasteiger partial charge in [-0.1, -0.05) is 25.5 Å². The summed E-state index contributed by atoms with van der Waals surface area (Å²) in [7, 11) is 0. The molecule has 1 aliphatic heterocycles. The highest BCUT2D eigenvalue weighted by Crippen LogP contribution is 2.20. The van der Waals surface area contributed by atoms with Crippen molar-refractivity contribution in [2.24, 2.45) is 0 Å². The Hall–Kier alpha value is -1.62. The summed E-state index contributed by atoms with van der Waals surface area (Å²) in [5.41, 5.74) is 0.651. The summed E-state index contributed by atoms with van der Waals surface area (Å²) < 4.78 is 13.7. The molecule has 0 saturated carbocycles. The molecule has 20 heavy (non-hydrogen) atoms. The standard InChI is InChI=1S/C15H22FN3O/c1-2-3-8-19(13-20)18-11-9-17(10-12-18)15-7-5-4-6-14(15)16/h4-7,13H,2-3,8-12H2,1H3. The second kappa shape index (κ2) is 7.24. The van der Waals surface area contributed by atoms with Crippen LogP contribution in [0, 0.1) is 5.82 Å². The van der Waals surface area contributed by atoms with E-state index < -0.39 is 0 Å². The van der Waals surface area contributed by atoms with Gasteiger partial charge in [0.05, 0.1) is 5.69 Å². The molecular formula is C15H22FN3O. The van der Waals surface area contributed by atoms with Gasteiger partial charge in [-0.3, -0.25) is 9.80 Å². The first-order valence-electron chi connectivity index (χ1n) is 7.22. The summed E-state index contributed by atoms with van der Waals surface area (Å²) in [5, 5.41) is 3.81. The van der Waals surface area contributed by atoms with E-state index in [1.54, 1.807) is 17.1 Å². The van der Waals surface area contributed by atoms with Gasteiger partial charge in [-0.05, 0) is 18.6 Å². The van der Waals surface area contributed by atoms with Crippen molar-refractivity contribution in [2.45, 2.75) is 19.8 Å². The monoisotopic (exact) mass is 279 g/mol. The van der Waals surface area contributed by atoms with Gasteiger partial charge in [-0.25, -0.2) is 9.40 Å². The van der Waals surface area contributed by atoms with E-state index >= 15 is 0 Å². The lowest BCUT2D eigenvalue weighted by Gasteiger charge is -2.40. The number of carbonyl (C=O) groups excluding carboxylic acids is 1. The number of hydrogen-bond donors (Lipinski definition) is 0. The van der Waals surface area contributed by atoms with E-state index in [-0.39, 0.29) is 5.82 Å².